The van der Waals surface area contributed by atoms with E-state index in [2.05, 4.69) is 24.7 Å². The van der Waals surface area contributed by atoms with Crippen molar-refractivity contribution in [1.29, 1.82) is 5.41 Å². The van der Waals surface area contributed by atoms with E-state index in [1.807, 2.05) is 33.8 Å². The van der Waals surface area contributed by atoms with Gasteiger partial charge in [0.15, 0.2) is 5.90 Å². The molecule has 0 saturated carbocycles. The number of benzene rings is 1. The second kappa shape index (κ2) is 9.32. The molecule has 0 aliphatic heterocycles. The molecule has 2 nitrogen and oxygen atoms in total. The van der Waals surface area contributed by atoms with Gasteiger partial charge in [0.2, 0.25) is 0 Å². The first-order chi connectivity index (χ1) is 9.68. The molecule has 0 aromatic heterocycles. The smallest absolute Gasteiger partial charge is 0.182 e. The molecule has 3 heteroatoms. The Balaban J connectivity index is 0.000000486. The van der Waals surface area contributed by atoms with E-state index in [-0.39, 0.29) is 11.7 Å². The zero-order chi connectivity index (χ0) is 16.6. The fourth-order valence-electron chi connectivity index (χ4n) is 1.84. The van der Waals surface area contributed by atoms with Gasteiger partial charge in [0.05, 0.1) is 7.11 Å². The van der Waals surface area contributed by atoms with Crippen LogP contribution in [0.2, 0.25) is 0 Å². The number of nitrogens with one attached hydrogen (secondary N) is 1. The number of allylic oxidation sites excluding steroid dienone is 2. The van der Waals surface area contributed by atoms with Crippen molar-refractivity contribution >= 4 is 11.5 Å². The summed E-state index contributed by atoms with van der Waals surface area (Å²) in [5, 5.41) is 6.97. The first-order valence-corrected chi connectivity index (χ1v) is 7.26. The number of halogens is 1. The fourth-order valence-corrected chi connectivity index (χ4v) is 1.84. The zero-order valence-electron chi connectivity index (χ0n) is 14.3. The molecule has 0 atom stereocenters. The van der Waals surface area contributed by atoms with Crippen LogP contribution in [0.3, 0.4) is 0 Å². The molecular formula is C18H28FNO. The summed E-state index contributed by atoms with van der Waals surface area (Å²) < 4.78 is 17.6. The van der Waals surface area contributed by atoms with E-state index in [0.29, 0.717) is 11.8 Å². The lowest BCUT2D eigenvalue weighted by Crippen LogP contribution is -2.06. The molecule has 21 heavy (non-hydrogen) atoms. The minimum atomic E-state index is -0.165. The van der Waals surface area contributed by atoms with Crippen LogP contribution in [0.15, 0.2) is 24.3 Å². The molecule has 0 spiro atoms. The van der Waals surface area contributed by atoms with Crippen molar-refractivity contribution in [3.8, 4) is 0 Å². The van der Waals surface area contributed by atoms with Crippen molar-refractivity contribution in [3.05, 3.63) is 41.2 Å². The van der Waals surface area contributed by atoms with Crippen LogP contribution in [0.5, 0.6) is 0 Å². The summed E-state index contributed by atoms with van der Waals surface area (Å²) in [6, 6.07) is 4.92. The molecule has 0 fully saturated rings. The lowest BCUT2D eigenvalue weighted by atomic mass is 9.99. The minimum absolute atomic E-state index is 0.165. The van der Waals surface area contributed by atoms with Gasteiger partial charge >= 0.3 is 0 Å². The Kier molecular flexibility index (Phi) is 8.60. The van der Waals surface area contributed by atoms with Gasteiger partial charge in [-0.25, -0.2) is 4.39 Å². The zero-order valence-corrected chi connectivity index (χ0v) is 14.3. The molecule has 118 valence electrons. The number of methoxy groups -OCH3 is 1. The van der Waals surface area contributed by atoms with Crippen LogP contribution in [0.25, 0.3) is 5.57 Å². The molecule has 1 aromatic carbocycles. The highest BCUT2D eigenvalue weighted by Crippen LogP contribution is 2.20. The standard InChI is InChI=1S/C13H17F.C5H11NO/c1-9(2)7-11(4)13-8-12(14)6-5-10(13)3;1-4(2)5(6)7-3/h5-9H,1-4H3;4,6H,1-3H3/b11-7-;. The van der Waals surface area contributed by atoms with E-state index in [0.717, 1.165) is 16.7 Å². The minimum Gasteiger partial charge on any atom is -0.484 e. The average molecular weight is 293 g/mol. The van der Waals surface area contributed by atoms with Gasteiger partial charge in [0.1, 0.15) is 5.82 Å². The number of hydrogen-bond donors (Lipinski definition) is 1. The molecule has 0 amide bonds. The van der Waals surface area contributed by atoms with Gasteiger partial charge in [-0.3, -0.25) is 5.41 Å². The lowest BCUT2D eigenvalue weighted by Gasteiger charge is -2.07. The largest absolute Gasteiger partial charge is 0.484 e. The third-order valence-electron chi connectivity index (χ3n) is 2.95. The highest BCUT2D eigenvalue weighted by atomic mass is 19.1. The molecule has 1 aromatic rings. The van der Waals surface area contributed by atoms with Gasteiger partial charge in [0, 0.05) is 5.92 Å². The van der Waals surface area contributed by atoms with Crippen LogP contribution in [-0.2, 0) is 4.74 Å². The van der Waals surface area contributed by atoms with Gasteiger partial charge in [-0.15, -0.1) is 0 Å². The van der Waals surface area contributed by atoms with Gasteiger partial charge in [-0.2, -0.15) is 0 Å². The first kappa shape index (κ1) is 19.4. The van der Waals surface area contributed by atoms with Crippen LogP contribution in [0.1, 0.15) is 45.7 Å². The first-order valence-electron chi connectivity index (χ1n) is 7.26. The van der Waals surface area contributed by atoms with Crippen LogP contribution in [0.4, 0.5) is 4.39 Å². The van der Waals surface area contributed by atoms with Crippen LogP contribution in [0, 0.1) is 30.0 Å². The normalized spacial score (nSPS) is 11.2. The van der Waals surface area contributed by atoms with Crippen molar-refractivity contribution < 1.29 is 9.13 Å². The van der Waals surface area contributed by atoms with E-state index in [1.54, 1.807) is 6.07 Å². The predicted molar refractivity (Wildman–Crippen MR) is 89.2 cm³/mol. The molecule has 0 aliphatic rings. The molecule has 0 heterocycles. The van der Waals surface area contributed by atoms with Crippen molar-refractivity contribution in [2.45, 2.75) is 41.5 Å². The van der Waals surface area contributed by atoms with E-state index in [1.165, 1.54) is 13.2 Å². The molecule has 0 bridgehead atoms. The maximum atomic E-state index is 13.0. The lowest BCUT2D eigenvalue weighted by molar-refractivity contribution is 0.371. The second-order valence-electron chi connectivity index (χ2n) is 5.78. The Morgan fingerprint density at radius 3 is 2.19 bits per heavy atom. The van der Waals surface area contributed by atoms with Gasteiger partial charge in [-0.1, -0.05) is 39.8 Å². The van der Waals surface area contributed by atoms with E-state index < -0.39 is 0 Å². The van der Waals surface area contributed by atoms with Crippen molar-refractivity contribution in [2.24, 2.45) is 11.8 Å². The monoisotopic (exact) mass is 293 g/mol. The summed E-state index contributed by atoms with van der Waals surface area (Å²) >= 11 is 0. The molecule has 1 N–H and O–H groups in total. The van der Waals surface area contributed by atoms with Gasteiger partial charge in [0.25, 0.3) is 0 Å². The molecule has 0 aliphatic carbocycles. The maximum absolute atomic E-state index is 13.0. The second-order valence-corrected chi connectivity index (χ2v) is 5.78. The number of rotatable bonds is 3. The van der Waals surface area contributed by atoms with Gasteiger partial charge < -0.3 is 4.74 Å². The van der Waals surface area contributed by atoms with E-state index >= 15 is 0 Å². The predicted octanol–water partition coefficient (Wildman–Crippen LogP) is 5.46. The van der Waals surface area contributed by atoms with Gasteiger partial charge in [-0.05, 0) is 48.6 Å². The Morgan fingerprint density at radius 1 is 1.24 bits per heavy atom. The van der Waals surface area contributed by atoms with E-state index in [9.17, 15) is 4.39 Å². The van der Waals surface area contributed by atoms with Crippen LogP contribution < -0.4 is 0 Å². The third kappa shape index (κ3) is 7.64. The maximum Gasteiger partial charge on any atom is 0.182 e. The molecule has 1 rings (SSSR count). The summed E-state index contributed by atoms with van der Waals surface area (Å²) in [5.41, 5.74) is 3.29. The van der Waals surface area contributed by atoms with Crippen molar-refractivity contribution in [1.82, 2.24) is 0 Å². The summed E-state index contributed by atoms with van der Waals surface area (Å²) in [6.07, 6.45) is 2.15. The third-order valence-corrected chi connectivity index (χ3v) is 2.95. The van der Waals surface area contributed by atoms with Crippen LogP contribution in [-0.4, -0.2) is 13.0 Å². The van der Waals surface area contributed by atoms with Crippen molar-refractivity contribution in [2.75, 3.05) is 7.11 Å². The number of hydrogen-bond acceptors (Lipinski definition) is 2. The van der Waals surface area contributed by atoms with E-state index in [4.69, 9.17) is 5.41 Å². The Labute approximate surface area is 128 Å². The summed E-state index contributed by atoms with van der Waals surface area (Å²) in [4.78, 5) is 0. The summed E-state index contributed by atoms with van der Waals surface area (Å²) in [5.74, 6) is 0.907. The highest BCUT2D eigenvalue weighted by molar-refractivity contribution is 5.74. The molecule has 0 unspecified atom stereocenters. The molecule has 0 saturated heterocycles. The number of aryl methyl sites for hydroxylation is 1. The summed E-state index contributed by atoms with van der Waals surface area (Å²) in [7, 11) is 1.52. The highest BCUT2D eigenvalue weighted by Gasteiger charge is 2.02. The Bertz CT molecular complexity index is 490. The van der Waals surface area contributed by atoms with Crippen molar-refractivity contribution in [3.63, 3.8) is 0 Å². The average Bonchev–Trinajstić information content (AvgIpc) is 2.40. The number of ether oxygens (including phenoxy) is 1. The molecule has 0 radical (unpaired) electrons. The fraction of sp³-hybridized carbons (Fsp3) is 0.500. The molecular weight excluding hydrogens is 265 g/mol. The topological polar surface area (TPSA) is 33.1 Å². The SMILES string of the molecule is C/C(=C/C(C)C)c1cc(F)ccc1C.COC(=N)C(C)C. The Morgan fingerprint density at radius 2 is 1.81 bits per heavy atom. The quantitative estimate of drug-likeness (QED) is 0.582. The van der Waals surface area contributed by atoms with Crippen LogP contribution >= 0.6 is 0 Å². The Hall–Kier alpha value is -1.64. The summed E-state index contributed by atoms with van der Waals surface area (Å²) in [6.45, 7) is 12.1.